The van der Waals surface area contributed by atoms with Crippen LogP contribution in [0.1, 0.15) is 25.5 Å². The highest BCUT2D eigenvalue weighted by atomic mass is 16.6. The average Bonchev–Trinajstić information content (AvgIpc) is 2.63. The van der Waals surface area contributed by atoms with Gasteiger partial charge in [-0.1, -0.05) is 6.92 Å². The van der Waals surface area contributed by atoms with Gasteiger partial charge in [-0.25, -0.2) is 4.68 Å². The number of hydrogen-bond donors (Lipinski definition) is 0. The van der Waals surface area contributed by atoms with Crippen molar-refractivity contribution < 1.29 is 4.92 Å². The molecule has 0 N–H and O–H groups in total. The Hall–Kier alpha value is -2.10. The van der Waals surface area contributed by atoms with Gasteiger partial charge in [-0.3, -0.25) is 10.1 Å². The summed E-state index contributed by atoms with van der Waals surface area (Å²) in [5, 5.41) is 23.9. The van der Waals surface area contributed by atoms with Gasteiger partial charge in [-0.2, -0.15) is 10.4 Å². The van der Waals surface area contributed by atoms with Crippen LogP contribution in [0, 0.1) is 28.4 Å². The Kier molecular flexibility index (Phi) is 4.66. The summed E-state index contributed by atoms with van der Waals surface area (Å²) < 4.78 is 1.64. The van der Waals surface area contributed by atoms with E-state index in [1.54, 1.807) is 23.6 Å². The van der Waals surface area contributed by atoms with Crippen molar-refractivity contribution in [3.63, 3.8) is 0 Å². The number of nitriles is 1. The number of aromatic nitrogens is 2. The largest absolute Gasteiger partial charge is 0.353 e. The van der Waals surface area contributed by atoms with Crippen LogP contribution in [0.2, 0.25) is 0 Å². The third-order valence-corrected chi connectivity index (χ3v) is 2.61. The van der Waals surface area contributed by atoms with E-state index in [9.17, 15) is 10.1 Å². The molecule has 0 aromatic carbocycles. The second-order valence-electron chi connectivity index (χ2n) is 4.07. The van der Waals surface area contributed by atoms with Gasteiger partial charge >= 0.3 is 5.69 Å². The highest BCUT2D eigenvalue weighted by molar-refractivity contribution is 5.61. The molecule has 7 nitrogen and oxygen atoms in total. The van der Waals surface area contributed by atoms with Gasteiger partial charge in [0.1, 0.15) is 5.69 Å². The fourth-order valence-electron chi connectivity index (χ4n) is 1.84. The Morgan fingerprint density at radius 1 is 1.61 bits per heavy atom. The topological polar surface area (TPSA) is 88.0 Å². The molecule has 0 aliphatic rings. The van der Waals surface area contributed by atoms with Crippen molar-refractivity contribution in [1.29, 1.82) is 5.26 Å². The van der Waals surface area contributed by atoms with Gasteiger partial charge in [0, 0.05) is 20.1 Å². The minimum absolute atomic E-state index is 0.0314. The summed E-state index contributed by atoms with van der Waals surface area (Å²) in [5.41, 5.74) is 0.441. The van der Waals surface area contributed by atoms with E-state index < -0.39 is 4.92 Å². The molecule has 0 bridgehead atoms. The van der Waals surface area contributed by atoms with Gasteiger partial charge in [0.25, 0.3) is 0 Å². The summed E-state index contributed by atoms with van der Waals surface area (Å²) in [6.45, 7) is 4.70. The molecule has 0 fully saturated rings. The molecule has 1 rings (SSSR count). The van der Waals surface area contributed by atoms with Crippen LogP contribution in [0.4, 0.5) is 11.5 Å². The molecule has 0 atom stereocenters. The third kappa shape index (κ3) is 2.77. The molecular formula is C11H17N5O2. The van der Waals surface area contributed by atoms with Crippen LogP contribution >= 0.6 is 0 Å². The first-order chi connectivity index (χ1) is 8.52. The quantitative estimate of drug-likeness (QED) is 0.568. The highest BCUT2D eigenvalue weighted by Gasteiger charge is 2.27. The van der Waals surface area contributed by atoms with Gasteiger partial charge in [0.05, 0.1) is 17.4 Å². The van der Waals surface area contributed by atoms with Crippen LogP contribution in [0.5, 0.6) is 0 Å². The third-order valence-electron chi connectivity index (χ3n) is 2.61. The van der Waals surface area contributed by atoms with E-state index in [4.69, 9.17) is 5.26 Å². The maximum atomic E-state index is 11.1. The standard InChI is InChI=1S/C11H17N5O2/c1-4-7-15-11(14(3)8-5-6-12)10(16(17)18)9(2)13-15/h4-5,7-8H2,1-3H3. The predicted octanol–water partition coefficient (Wildman–Crippen LogP) is 1.86. The molecule has 18 heavy (non-hydrogen) atoms. The lowest BCUT2D eigenvalue weighted by molar-refractivity contribution is -0.384. The summed E-state index contributed by atoms with van der Waals surface area (Å²) in [6, 6.07) is 2.03. The first-order valence-electron chi connectivity index (χ1n) is 5.82. The van der Waals surface area contributed by atoms with Crippen molar-refractivity contribution in [3.8, 4) is 6.07 Å². The number of anilines is 1. The predicted molar refractivity (Wildman–Crippen MR) is 67.4 cm³/mol. The summed E-state index contributed by atoms with van der Waals surface area (Å²) >= 11 is 0. The zero-order chi connectivity index (χ0) is 13.7. The van der Waals surface area contributed by atoms with E-state index >= 15 is 0 Å². The van der Waals surface area contributed by atoms with Gasteiger partial charge in [-0.05, 0) is 13.3 Å². The van der Waals surface area contributed by atoms with Crippen LogP contribution in [0.25, 0.3) is 0 Å². The fourth-order valence-corrected chi connectivity index (χ4v) is 1.84. The smallest absolute Gasteiger partial charge is 0.333 e. The van der Waals surface area contributed by atoms with Crippen LogP contribution in [0.3, 0.4) is 0 Å². The second-order valence-corrected chi connectivity index (χ2v) is 4.07. The molecule has 7 heteroatoms. The Bertz CT molecular complexity index is 475. The van der Waals surface area contributed by atoms with E-state index in [2.05, 4.69) is 5.10 Å². The normalized spacial score (nSPS) is 10.1. The lowest BCUT2D eigenvalue weighted by Crippen LogP contribution is -2.22. The molecule has 1 aromatic rings. The van der Waals surface area contributed by atoms with Crippen molar-refractivity contribution in [2.24, 2.45) is 0 Å². The number of hydrogen-bond acceptors (Lipinski definition) is 5. The van der Waals surface area contributed by atoms with E-state index in [1.807, 2.05) is 13.0 Å². The molecule has 0 unspecified atom stereocenters. The van der Waals surface area contributed by atoms with Crippen LogP contribution < -0.4 is 4.90 Å². The zero-order valence-electron chi connectivity index (χ0n) is 10.9. The van der Waals surface area contributed by atoms with Gasteiger partial charge in [0.2, 0.25) is 5.82 Å². The minimum Gasteiger partial charge on any atom is -0.353 e. The van der Waals surface area contributed by atoms with E-state index in [0.29, 0.717) is 31.0 Å². The zero-order valence-corrected chi connectivity index (χ0v) is 10.9. The Morgan fingerprint density at radius 3 is 2.78 bits per heavy atom. The lowest BCUT2D eigenvalue weighted by atomic mass is 10.3. The van der Waals surface area contributed by atoms with Crippen LogP contribution in [-0.4, -0.2) is 28.3 Å². The summed E-state index contributed by atoms with van der Waals surface area (Å²) in [5.74, 6) is 0.481. The maximum Gasteiger partial charge on any atom is 0.333 e. The summed E-state index contributed by atoms with van der Waals surface area (Å²) in [7, 11) is 1.74. The molecule has 1 heterocycles. The van der Waals surface area contributed by atoms with Crippen molar-refractivity contribution in [1.82, 2.24) is 9.78 Å². The first-order valence-corrected chi connectivity index (χ1v) is 5.82. The van der Waals surface area contributed by atoms with Crippen molar-refractivity contribution >= 4 is 11.5 Å². The van der Waals surface area contributed by atoms with Gasteiger partial charge < -0.3 is 4.90 Å². The molecule has 0 radical (unpaired) electrons. The monoisotopic (exact) mass is 251 g/mol. The van der Waals surface area contributed by atoms with Crippen LogP contribution in [0.15, 0.2) is 0 Å². The molecule has 0 spiro atoms. The Morgan fingerprint density at radius 2 is 2.28 bits per heavy atom. The Labute approximate surface area is 106 Å². The van der Waals surface area contributed by atoms with Crippen molar-refractivity contribution in [2.45, 2.75) is 33.2 Å². The fraction of sp³-hybridized carbons (Fsp3) is 0.636. The van der Waals surface area contributed by atoms with E-state index in [1.165, 1.54) is 0 Å². The summed E-state index contributed by atoms with van der Waals surface area (Å²) in [4.78, 5) is 12.4. The molecule has 0 saturated heterocycles. The first kappa shape index (κ1) is 14.0. The number of nitro groups is 1. The van der Waals surface area contributed by atoms with Crippen LogP contribution in [-0.2, 0) is 6.54 Å². The lowest BCUT2D eigenvalue weighted by Gasteiger charge is -2.17. The van der Waals surface area contributed by atoms with Gasteiger partial charge in [-0.15, -0.1) is 0 Å². The van der Waals surface area contributed by atoms with E-state index in [0.717, 1.165) is 6.42 Å². The molecule has 0 aliphatic carbocycles. The molecular weight excluding hydrogens is 234 g/mol. The number of nitrogens with zero attached hydrogens (tertiary/aromatic N) is 5. The maximum absolute atomic E-state index is 11.1. The number of rotatable bonds is 6. The summed E-state index contributed by atoms with van der Waals surface area (Å²) in [6.07, 6.45) is 1.17. The molecule has 0 aliphatic heterocycles. The number of aryl methyl sites for hydroxylation is 2. The van der Waals surface area contributed by atoms with Crippen molar-refractivity contribution in [2.75, 3.05) is 18.5 Å². The van der Waals surface area contributed by atoms with Crippen molar-refractivity contribution in [3.05, 3.63) is 15.8 Å². The molecule has 1 aromatic heterocycles. The highest BCUT2D eigenvalue weighted by Crippen LogP contribution is 2.31. The minimum atomic E-state index is -0.410. The van der Waals surface area contributed by atoms with E-state index in [-0.39, 0.29) is 5.69 Å². The Balaban J connectivity index is 3.19. The molecule has 98 valence electrons. The molecule has 0 saturated carbocycles. The second kappa shape index (κ2) is 6.00. The average molecular weight is 251 g/mol. The van der Waals surface area contributed by atoms with Gasteiger partial charge in [0.15, 0.2) is 0 Å². The SMILES string of the molecule is CCCn1nc(C)c([N+](=O)[O-])c1N(C)CCC#N. The molecule has 0 amide bonds.